The highest BCUT2D eigenvalue weighted by Gasteiger charge is 2.24. The fourth-order valence-electron chi connectivity index (χ4n) is 2.01. The Bertz CT molecular complexity index is 374. The zero-order chi connectivity index (χ0) is 11.5. The maximum atomic E-state index is 5.98. The molecule has 4 nitrogen and oxygen atoms in total. The molecule has 0 aromatic carbocycles. The molecule has 2 N–H and O–H groups in total. The van der Waals surface area contributed by atoms with Gasteiger partial charge in [-0.1, -0.05) is 23.4 Å². The summed E-state index contributed by atoms with van der Waals surface area (Å²) in [4.78, 5) is 10.8. The molecular formula is C10H15ClN4S. The zero-order valence-electron chi connectivity index (χ0n) is 9.19. The van der Waals surface area contributed by atoms with Crippen LogP contribution in [0.1, 0.15) is 12.8 Å². The van der Waals surface area contributed by atoms with Gasteiger partial charge in [0.05, 0.1) is 0 Å². The molecule has 1 atom stereocenters. The highest BCUT2D eigenvalue weighted by Crippen LogP contribution is 2.26. The van der Waals surface area contributed by atoms with Gasteiger partial charge in [-0.25, -0.2) is 9.97 Å². The van der Waals surface area contributed by atoms with Crippen molar-refractivity contribution in [2.24, 2.45) is 5.73 Å². The first kappa shape index (κ1) is 12.0. The molecule has 1 aliphatic heterocycles. The van der Waals surface area contributed by atoms with Gasteiger partial charge in [0, 0.05) is 25.2 Å². The Morgan fingerprint density at radius 2 is 2.44 bits per heavy atom. The third-order valence-corrected chi connectivity index (χ3v) is 3.53. The van der Waals surface area contributed by atoms with E-state index in [0.29, 0.717) is 22.9 Å². The molecule has 88 valence electrons. The molecule has 0 saturated carbocycles. The first-order chi connectivity index (χ1) is 7.74. The Labute approximate surface area is 105 Å². The van der Waals surface area contributed by atoms with Crippen LogP contribution in [0, 0.1) is 0 Å². The van der Waals surface area contributed by atoms with E-state index in [4.69, 9.17) is 17.3 Å². The number of anilines is 1. The van der Waals surface area contributed by atoms with Gasteiger partial charge in [-0.05, 0) is 19.1 Å². The maximum Gasteiger partial charge on any atom is 0.190 e. The lowest BCUT2D eigenvalue weighted by Gasteiger charge is -2.24. The summed E-state index contributed by atoms with van der Waals surface area (Å²) in [5.41, 5.74) is 5.75. The molecule has 0 amide bonds. The van der Waals surface area contributed by atoms with Gasteiger partial charge in [-0.3, -0.25) is 0 Å². The van der Waals surface area contributed by atoms with Gasteiger partial charge in [-0.15, -0.1) is 0 Å². The standard InChI is InChI=1S/C10H15ClN4S/c1-16-10-13-8(11)5-9(14-10)15-4-2-3-7(15)6-12/h5,7H,2-4,6,12H2,1H3. The van der Waals surface area contributed by atoms with Crippen molar-refractivity contribution in [2.45, 2.75) is 24.0 Å². The van der Waals surface area contributed by atoms with Crippen molar-refractivity contribution in [3.8, 4) is 0 Å². The first-order valence-corrected chi connectivity index (χ1v) is 6.90. The van der Waals surface area contributed by atoms with Crippen LogP contribution in [0.5, 0.6) is 0 Å². The van der Waals surface area contributed by atoms with E-state index in [0.717, 1.165) is 25.2 Å². The summed E-state index contributed by atoms with van der Waals surface area (Å²) in [6.45, 7) is 1.67. The summed E-state index contributed by atoms with van der Waals surface area (Å²) in [6, 6.07) is 2.20. The second kappa shape index (κ2) is 5.21. The number of aromatic nitrogens is 2. The molecule has 0 bridgehead atoms. The van der Waals surface area contributed by atoms with Crippen molar-refractivity contribution in [1.82, 2.24) is 9.97 Å². The van der Waals surface area contributed by atoms with Crippen LogP contribution in [-0.2, 0) is 0 Å². The van der Waals surface area contributed by atoms with Crippen LogP contribution in [0.25, 0.3) is 0 Å². The number of thioether (sulfide) groups is 1. The molecule has 0 spiro atoms. The van der Waals surface area contributed by atoms with E-state index in [1.807, 2.05) is 12.3 Å². The first-order valence-electron chi connectivity index (χ1n) is 5.30. The number of halogens is 1. The number of hydrogen-bond acceptors (Lipinski definition) is 5. The van der Waals surface area contributed by atoms with Crippen LogP contribution in [0.4, 0.5) is 5.82 Å². The van der Waals surface area contributed by atoms with Crippen molar-refractivity contribution in [3.05, 3.63) is 11.2 Å². The molecule has 2 rings (SSSR count). The number of nitrogens with two attached hydrogens (primary N) is 1. The van der Waals surface area contributed by atoms with Crippen LogP contribution < -0.4 is 10.6 Å². The zero-order valence-corrected chi connectivity index (χ0v) is 10.8. The molecule has 1 aromatic heterocycles. The van der Waals surface area contributed by atoms with E-state index in [-0.39, 0.29) is 0 Å². The van der Waals surface area contributed by atoms with Crippen molar-refractivity contribution in [3.63, 3.8) is 0 Å². The van der Waals surface area contributed by atoms with Crippen LogP contribution >= 0.6 is 23.4 Å². The fraction of sp³-hybridized carbons (Fsp3) is 0.600. The van der Waals surface area contributed by atoms with Gasteiger partial charge < -0.3 is 10.6 Å². The Morgan fingerprint density at radius 1 is 1.62 bits per heavy atom. The van der Waals surface area contributed by atoms with E-state index in [1.165, 1.54) is 11.8 Å². The van der Waals surface area contributed by atoms with Crippen molar-refractivity contribution in [2.75, 3.05) is 24.2 Å². The summed E-state index contributed by atoms with van der Waals surface area (Å²) in [6.07, 6.45) is 4.24. The van der Waals surface area contributed by atoms with Crippen LogP contribution in [-0.4, -0.2) is 35.4 Å². The third kappa shape index (κ3) is 2.42. The van der Waals surface area contributed by atoms with Crippen molar-refractivity contribution in [1.29, 1.82) is 0 Å². The molecule has 1 fully saturated rings. The highest BCUT2D eigenvalue weighted by molar-refractivity contribution is 7.98. The lowest BCUT2D eigenvalue weighted by molar-refractivity contribution is 0.667. The predicted molar refractivity (Wildman–Crippen MR) is 68.2 cm³/mol. The maximum absolute atomic E-state index is 5.98. The minimum Gasteiger partial charge on any atom is -0.352 e. The van der Waals surface area contributed by atoms with Crippen LogP contribution in [0.3, 0.4) is 0 Å². The summed E-state index contributed by atoms with van der Waals surface area (Å²) in [5.74, 6) is 0.900. The quantitative estimate of drug-likeness (QED) is 0.509. The van der Waals surface area contributed by atoms with Gasteiger partial charge in [0.25, 0.3) is 0 Å². The minimum absolute atomic E-state index is 0.390. The molecule has 0 radical (unpaired) electrons. The van der Waals surface area contributed by atoms with Gasteiger partial charge in [0.2, 0.25) is 0 Å². The molecule has 1 unspecified atom stereocenters. The third-order valence-electron chi connectivity index (χ3n) is 2.79. The lowest BCUT2D eigenvalue weighted by atomic mass is 10.2. The molecule has 6 heteroatoms. The summed E-state index contributed by atoms with van der Waals surface area (Å²) < 4.78 is 0. The van der Waals surface area contributed by atoms with E-state index < -0.39 is 0 Å². The second-order valence-electron chi connectivity index (χ2n) is 3.76. The Morgan fingerprint density at radius 3 is 3.12 bits per heavy atom. The van der Waals surface area contributed by atoms with Crippen molar-refractivity contribution < 1.29 is 0 Å². The number of nitrogens with zero attached hydrogens (tertiary/aromatic N) is 3. The summed E-state index contributed by atoms with van der Waals surface area (Å²) >= 11 is 7.48. The van der Waals surface area contributed by atoms with Gasteiger partial charge in [0.15, 0.2) is 5.16 Å². The van der Waals surface area contributed by atoms with Gasteiger partial charge in [0.1, 0.15) is 11.0 Å². The van der Waals surface area contributed by atoms with E-state index in [9.17, 15) is 0 Å². The monoisotopic (exact) mass is 258 g/mol. The average molecular weight is 259 g/mol. The smallest absolute Gasteiger partial charge is 0.190 e. The van der Waals surface area contributed by atoms with Gasteiger partial charge in [-0.2, -0.15) is 0 Å². The Balaban J connectivity index is 2.28. The predicted octanol–water partition coefficient (Wildman–Crippen LogP) is 1.78. The molecule has 1 aliphatic rings. The van der Waals surface area contributed by atoms with Crippen LogP contribution in [0.2, 0.25) is 5.15 Å². The number of hydrogen-bond donors (Lipinski definition) is 1. The highest BCUT2D eigenvalue weighted by atomic mass is 35.5. The van der Waals surface area contributed by atoms with Gasteiger partial charge >= 0.3 is 0 Å². The lowest BCUT2D eigenvalue weighted by Crippen LogP contribution is -2.36. The van der Waals surface area contributed by atoms with Crippen LogP contribution in [0.15, 0.2) is 11.2 Å². The molecule has 2 heterocycles. The summed E-state index contributed by atoms with van der Waals surface area (Å²) in [7, 11) is 0. The van der Waals surface area contributed by atoms with E-state index >= 15 is 0 Å². The molecule has 16 heavy (non-hydrogen) atoms. The van der Waals surface area contributed by atoms with Crippen molar-refractivity contribution >= 4 is 29.2 Å². The van der Waals surface area contributed by atoms with E-state index in [1.54, 1.807) is 0 Å². The fourth-order valence-corrected chi connectivity index (χ4v) is 2.61. The molecule has 1 saturated heterocycles. The minimum atomic E-state index is 0.390. The largest absolute Gasteiger partial charge is 0.352 e. The molecule has 1 aromatic rings. The topological polar surface area (TPSA) is 55.0 Å². The Kier molecular flexibility index (Phi) is 3.89. The average Bonchev–Trinajstić information content (AvgIpc) is 2.76. The van der Waals surface area contributed by atoms with E-state index in [2.05, 4.69) is 14.9 Å². The SMILES string of the molecule is CSc1nc(Cl)cc(N2CCCC2CN)n1. The summed E-state index contributed by atoms with van der Waals surface area (Å²) in [5, 5.41) is 1.21. The molecule has 0 aliphatic carbocycles. The normalized spacial score (nSPS) is 20.4. The number of rotatable bonds is 3. The second-order valence-corrected chi connectivity index (χ2v) is 4.92. The Hall–Kier alpha value is -0.520. The molecular weight excluding hydrogens is 244 g/mol.